The number of carbonyl (C=O) groups is 2. The van der Waals surface area contributed by atoms with Gasteiger partial charge in [0, 0.05) is 25.4 Å². The topological polar surface area (TPSA) is 89.8 Å². The molecule has 2 rings (SSSR count). The second-order valence-electron chi connectivity index (χ2n) is 5.05. The minimum atomic E-state index is -0.436. The Balaban J connectivity index is 1.86. The Morgan fingerprint density at radius 3 is 2.87 bits per heavy atom. The van der Waals surface area contributed by atoms with Crippen molar-refractivity contribution in [1.29, 1.82) is 0 Å². The van der Waals surface area contributed by atoms with Gasteiger partial charge in [0.05, 0.1) is 7.11 Å². The van der Waals surface area contributed by atoms with Gasteiger partial charge in [-0.1, -0.05) is 12.5 Å². The summed E-state index contributed by atoms with van der Waals surface area (Å²) in [6.45, 7) is 0.441. The van der Waals surface area contributed by atoms with Crippen LogP contribution in [-0.4, -0.2) is 34.9 Å². The van der Waals surface area contributed by atoms with Gasteiger partial charge in [-0.05, 0) is 25.0 Å². The van der Waals surface area contributed by atoms with Crippen LogP contribution >= 0.6 is 0 Å². The summed E-state index contributed by atoms with van der Waals surface area (Å²) in [5, 5.41) is 2.70. The molecular weight excluding hydrogens is 298 g/mol. The average molecular weight is 317 g/mol. The SMILES string of the molecule is COC(=O)CCCCCNC(=O)c1cnc2ccccn2c1=O. The van der Waals surface area contributed by atoms with E-state index in [2.05, 4.69) is 15.0 Å². The van der Waals surface area contributed by atoms with Crippen LogP contribution in [0.15, 0.2) is 35.4 Å². The van der Waals surface area contributed by atoms with E-state index in [0.29, 0.717) is 25.0 Å². The Hall–Kier alpha value is -2.70. The number of fused-ring (bicyclic) bond motifs is 1. The third kappa shape index (κ3) is 4.38. The molecule has 7 nitrogen and oxygen atoms in total. The van der Waals surface area contributed by atoms with Crippen molar-refractivity contribution in [2.45, 2.75) is 25.7 Å². The second-order valence-corrected chi connectivity index (χ2v) is 5.05. The summed E-state index contributed by atoms with van der Waals surface area (Å²) >= 11 is 0. The van der Waals surface area contributed by atoms with Gasteiger partial charge in [-0.3, -0.25) is 18.8 Å². The van der Waals surface area contributed by atoms with E-state index in [-0.39, 0.29) is 11.5 Å². The number of carbonyl (C=O) groups excluding carboxylic acids is 2. The molecule has 0 aromatic carbocycles. The molecule has 23 heavy (non-hydrogen) atoms. The molecule has 0 atom stereocenters. The molecule has 2 aromatic heterocycles. The van der Waals surface area contributed by atoms with Crippen molar-refractivity contribution in [3.05, 3.63) is 46.5 Å². The number of hydrogen-bond acceptors (Lipinski definition) is 5. The summed E-state index contributed by atoms with van der Waals surface area (Å²) in [7, 11) is 1.36. The Bertz CT molecular complexity index is 754. The molecule has 0 aliphatic rings. The number of pyridine rings is 1. The Kier molecular flexibility index (Phi) is 5.85. The molecule has 2 aromatic rings. The van der Waals surface area contributed by atoms with Gasteiger partial charge in [0.1, 0.15) is 11.2 Å². The smallest absolute Gasteiger partial charge is 0.305 e. The van der Waals surface area contributed by atoms with E-state index in [9.17, 15) is 14.4 Å². The first-order chi connectivity index (χ1) is 11.1. The first-order valence-corrected chi connectivity index (χ1v) is 7.45. The van der Waals surface area contributed by atoms with Gasteiger partial charge in [-0.15, -0.1) is 0 Å². The predicted octanol–water partition coefficient (Wildman–Crippen LogP) is 1.16. The molecule has 0 radical (unpaired) electrons. The lowest BCUT2D eigenvalue weighted by molar-refractivity contribution is -0.140. The van der Waals surface area contributed by atoms with E-state index in [4.69, 9.17) is 0 Å². The van der Waals surface area contributed by atoms with Crippen LogP contribution in [0.5, 0.6) is 0 Å². The monoisotopic (exact) mass is 317 g/mol. The lowest BCUT2D eigenvalue weighted by Crippen LogP contribution is -2.32. The summed E-state index contributed by atoms with van der Waals surface area (Å²) in [6, 6.07) is 5.18. The first kappa shape index (κ1) is 16.7. The number of esters is 1. The normalized spacial score (nSPS) is 10.5. The molecule has 0 saturated heterocycles. The Morgan fingerprint density at radius 1 is 1.26 bits per heavy atom. The number of rotatable bonds is 7. The van der Waals surface area contributed by atoms with Gasteiger partial charge in [0.2, 0.25) is 0 Å². The molecule has 0 bridgehead atoms. The average Bonchev–Trinajstić information content (AvgIpc) is 2.58. The Morgan fingerprint density at radius 2 is 2.09 bits per heavy atom. The zero-order valence-corrected chi connectivity index (χ0v) is 12.9. The highest BCUT2D eigenvalue weighted by Crippen LogP contribution is 2.01. The lowest BCUT2D eigenvalue weighted by Gasteiger charge is -2.06. The van der Waals surface area contributed by atoms with Crippen LogP contribution in [0.1, 0.15) is 36.0 Å². The van der Waals surface area contributed by atoms with E-state index in [1.165, 1.54) is 17.7 Å². The highest BCUT2D eigenvalue weighted by atomic mass is 16.5. The number of unbranched alkanes of at least 4 members (excludes halogenated alkanes) is 2. The van der Waals surface area contributed by atoms with Crippen molar-refractivity contribution in [3.8, 4) is 0 Å². The number of ether oxygens (including phenoxy) is 1. The second kappa shape index (κ2) is 8.07. The summed E-state index contributed by atoms with van der Waals surface area (Å²) in [5.74, 6) is -0.669. The van der Waals surface area contributed by atoms with E-state index in [1.54, 1.807) is 24.4 Å². The zero-order valence-electron chi connectivity index (χ0n) is 12.9. The van der Waals surface area contributed by atoms with Gasteiger partial charge >= 0.3 is 5.97 Å². The molecule has 1 amide bonds. The van der Waals surface area contributed by atoms with Crippen molar-refractivity contribution in [1.82, 2.24) is 14.7 Å². The standard InChI is InChI=1S/C16H19N3O4/c1-23-14(20)8-3-2-5-9-17-15(21)12-11-18-13-7-4-6-10-19(13)16(12)22/h4,6-7,10-11H,2-3,5,8-9H2,1H3,(H,17,21). The van der Waals surface area contributed by atoms with E-state index in [1.807, 2.05) is 0 Å². The van der Waals surface area contributed by atoms with Gasteiger partial charge in [0.25, 0.3) is 11.5 Å². The van der Waals surface area contributed by atoms with Gasteiger partial charge < -0.3 is 10.1 Å². The molecule has 0 spiro atoms. The summed E-state index contributed by atoms with van der Waals surface area (Å²) in [4.78, 5) is 39.3. The van der Waals surface area contributed by atoms with E-state index in [0.717, 1.165) is 12.8 Å². The highest BCUT2D eigenvalue weighted by Gasteiger charge is 2.12. The highest BCUT2D eigenvalue weighted by molar-refractivity contribution is 5.93. The van der Waals surface area contributed by atoms with Crippen LogP contribution in [0, 0.1) is 0 Å². The Labute approximate surface area is 133 Å². The van der Waals surface area contributed by atoms with Gasteiger partial charge in [-0.25, -0.2) is 4.98 Å². The number of amides is 1. The molecule has 0 aliphatic heterocycles. The van der Waals surface area contributed by atoms with Crippen LogP contribution in [0.25, 0.3) is 5.65 Å². The summed E-state index contributed by atoms with van der Waals surface area (Å²) in [5.41, 5.74) is 0.124. The van der Waals surface area contributed by atoms with E-state index < -0.39 is 11.5 Å². The van der Waals surface area contributed by atoms with Crippen LogP contribution in [-0.2, 0) is 9.53 Å². The minimum Gasteiger partial charge on any atom is -0.469 e. The largest absolute Gasteiger partial charge is 0.469 e. The lowest BCUT2D eigenvalue weighted by atomic mass is 10.2. The molecule has 0 saturated carbocycles. The van der Waals surface area contributed by atoms with Gasteiger partial charge in [0.15, 0.2) is 0 Å². The number of hydrogen-bond donors (Lipinski definition) is 1. The molecule has 0 fully saturated rings. The fourth-order valence-electron chi connectivity index (χ4n) is 2.15. The zero-order chi connectivity index (χ0) is 16.7. The van der Waals surface area contributed by atoms with Crippen molar-refractivity contribution >= 4 is 17.5 Å². The summed E-state index contributed by atoms with van der Waals surface area (Å²) < 4.78 is 5.89. The quantitative estimate of drug-likeness (QED) is 0.611. The number of methoxy groups -OCH3 is 1. The van der Waals surface area contributed by atoms with Crippen molar-refractivity contribution in [2.75, 3.05) is 13.7 Å². The van der Waals surface area contributed by atoms with Crippen molar-refractivity contribution in [2.24, 2.45) is 0 Å². The fraction of sp³-hybridized carbons (Fsp3) is 0.375. The van der Waals surface area contributed by atoms with Crippen molar-refractivity contribution < 1.29 is 14.3 Å². The van der Waals surface area contributed by atoms with Crippen LogP contribution in [0.3, 0.4) is 0 Å². The molecular formula is C16H19N3O4. The third-order valence-electron chi connectivity index (χ3n) is 3.43. The molecule has 122 valence electrons. The number of aromatic nitrogens is 2. The van der Waals surface area contributed by atoms with Crippen molar-refractivity contribution in [3.63, 3.8) is 0 Å². The third-order valence-corrected chi connectivity index (χ3v) is 3.43. The first-order valence-electron chi connectivity index (χ1n) is 7.45. The molecule has 1 N–H and O–H groups in total. The van der Waals surface area contributed by atoms with E-state index >= 15 is 0 Å². The maximum atomic E-state index is 12.2. The number of nitrogens with zero attached hydrogens (tertiary/aromatic N) is 2. The summed E-state index contributed by atoms with van der Waals surface area (Å²) in [6.07, 6.45) is 5.48. The van der Waals surface area contributed by atoms with Crippen LogP contribution in [0.2, 0.25) is 0 Å². The molecule has 0 aliphatic carbocycles. The molecule has 0 unspecified atom stereocenters. The maximum absolute atomic E-state index is 12.2. The molecule has 2 heterocycles. The maximum Gasteiger partial charge on any atom is 0.305 e. The van der Waals surface area contributed by atoms with Crippen LogP contribution < -0.4 is 10.9 Å². The van der Waals surface area contributed by atoms with Gasteiger partial charge in [-0.2, -0.15) is 0 Å². The fourth-order valence-corrected chi connectivity index (χ4v) is 2.15. The molecule has 7 heteroatoms. The minimum absolute atomic E-state index is 0.0169. The number of nitrogens with one attached hydrogen (secondary N) is 1. The van der Waals surface area contributed by atoms with Crippen LogP contribution in [0.4, 0.5) is 0 Å². The predicted molar refractivity (Wildman–Crippen MR) is 84.3 cm³/mol.